The van der Waals surface area contributed by atoms with Crippen LogP contribution in [-0.4, -0.2) is 34.0 Å². The zero-order valence-corrected chi connectivity index (χ0v) is 12.2. The maximum Gasteiger partial charge on any atom is 0.316 e. The summed E-state index contributed by atoms with van der Waals surface area (Å²) in [5.41, 5.74) is 0. The Morgan fingerprint density at radius 3 is 2.85 bits per heavy atom. The van der Waals surface area contributed by atoms with E-state index >= 15 is 0 Å². The number of esters is 1. The molecule has 1 heterocycles. The third-order valence-electron chi connectivity index (χ3n) is 2.25. The zero-order chi connectivity index (χ0) is 14.4. The molecule has 1 aromatic carbocycles. The van der Waals surface area contributed by atoms with Crippen LogP contribution in [-0.2, 0) is 16.1 Å². The van der Waals surface area contributed by atoms with Crippen LogP contribution in [0, 0.1) is 0 Å². The molecule has 20 heavy (non-hydrogen) atoms. The minimum atomic E-state index is -0.321. The number of halogens is 1. The van der Waals surface area contributed by atoms with Gasteiger partial charge in [-0.2, -0.15) is 0 Å². The highest BCUT2D eigenvalue weighted by atomic mass is 35.5. The molecule has 8 heteroatoms. The van der Waals surface area contributed by atoms with Crippen LogP contribution in [0.5, 0.6) is 5.75 Å². The smallest absolute Gasteiger partial charge is 0.316 e. The highest BCUT2D eigenvalue weighted by Crippen LogP contribution is 2.17. The number of ether oxygens (including phenoxy) is 2. The van der Waals surface area contributed by atoms with E-state index in [0.717, 1.165) is 0 Å². The summed E-state index contributed by atoms with van der Waals surface area (Å²) in [7, 11) is 1.34. The van der Waals surface area contributed by atoms with Gasteiger partial charge in [0.15, 0.2) is 5.82 Å². The van der Waals surface area contributed by atoms with E-state index in [1.165, 1.54) is 18.9 Å². The molecule has 0 fully saturated rings. The molecule has 2 rings (SSSR count). The summed E-state index contributed by atoms with van der Waals surface area (Å²) >= 11 is 6.98. The number of aromatic amines is 1. The summed E-state index contributed by atoms with van der Waals surface area (Å²) in [6.45, 7) is 0.257. The van der Waals surface area contributed by atoms with Crippen molar-refractivity contribution >= 4 is 29.3 Å². The topological polar surface area (TPSA) is 77.1 Å². The maximum atomic E-state index is 11.0. The Morgan fingerprint density at radius 2 is 2.15 bits per heavy atom. The van der Waals surface area contributed by atoms with Crippen LogP contribution < -0.4 is 4.74 Å². The van der Waals surface area contributed by atoms with E-state index in [0.29, 0.717) is 21.8 Å². The molecule has 0 spiro atoms. The Balaban J connectivity index is 1.83. The van der Waals surface area contributed by atoms with Gasteiger partial charge in [0.25, 0.3) is 0 Å². The molecule has 0 aliphatic rings. The molecule has 1 aromatic heterocycles. The summed E-state index contributed by atoms with van der Waals surface area (Å²) in [5.74, 6) is 1.12. The van der Waals surface area contributed by atoms with Crippen molar-refractivity contribution in [1.29, 1.82) is 0 Å². The Morgan fingerprint density at radius 1 is 1.40 bits per heavy atom. The summed E-state index contributed by atoms with van der Waals surface area (Å²) < 4.78 is 10.0. The highest BCUT2D eigenvalue weighted by molar-refractivity contribution is 7.99. The molecule has 0 radical (unpaired) electrons. The van der Waals surface area contributed by atoms with E-state index in [1.54, 1.807) is 24.3 Å². The molecule has 1 N–H and O–H groups in total. The first-order valence-corrected chi connectivity index (χ1v) is 7.03. The molecular weight excluding hydrogens is 302 g/mol. The third-order valence-corrected chi connectivity index (χ3v) is 3.32. The van der Waals surface area contributed by atoms with Gasteiger partial charge < -0.3 is 9.47 Å². The fourth-order valence-electron chi connectivity index (χ4n) is 1.27. The van der Waals surface area contributed by atoms with Crippen LogP contribution in [0.4, 0.5) is 0 Å². The van der Waals surface area contributed by atoms with Crippen molar-refractivity contribution in [2.75, 3.05) is 12.9 Å². The number of nitrogens with zero attached hydrogens (tertiary/aromatic N) is 2. The number of methoxy groups -OCH3 is 1. The van der Waals surface area contributed by atoms with Gasteiger partial charge in [0.1, 0.15) is 12.4 Å². The average Bonchev–Trinajstić information content (AvgIpc) is 2.92. The van der Waals surface area contributed by atoms with Gasteiger partial charge in [0.05, 0.1) is 12.9 Å². The van der Waals surface area contributed by atoms with E-state index in [4.69, 9.17) is 16.3 Å². The monoisotopic (exact) mass is 313 g/mol. The second kappa shape index (κ2) is 7.16. The van der Waals surface area contributed by atoms with Crippen LogP contribution in [0.3, 0.4) is 0 Å². The number of nitrogens with one attached hydrogen (secondary N) is 1. The lowest BCUT2D eigenvalue weighted by molar-refractivity contribution is -0.137. The first kappa shape index (κ1) is 14.7. The molecule has 6 nitrogen and oxygen atoms in total. The Kier molecular flexibility index (Phi) is 5.25. The molecular formula is C12H12ClN3O3S. The van der Waals surface area contributed by atoms with Gasteiger partial charge in [-0.05, 0) is 24.3 Å². The van der Waals surface area contributed by atoms with Crippen molar-refractivity contribution in [2.45, 2.75) is 11.8 Å². The van der Waals surface area contributed by atoms with Crippen LogP contribution in [0.15, 0.2) is 29.4 Å². The highest BCUT2D eigenvalue weighted by Gasteiger charge is 2.08. The van der Waals surface area contributed by atoms with Gasteiger partial charge in [-0.3, -0.25) is 9.89 Å². The molecule has 0 saturated heterocycles. The number of carbonyl (C=O) groups excluding carboxylic acids is 1. The first-order valence-electron chi connectivity index (χ1n) is 5.66. The summed E-state index contributed by atoms with van der Waals surface area (Å²) in [6.07, 6.45) is 0. The molecule has 0 atom stereocenters. The Hall–Kier alpha value is -1.73. The molecule has 0 amide bonds. The quantitative estimate of drug-likeness (QED) is 0.651. The lowest BCUT2D eigenvalue weighted by Crippen LogP contribution is -2.03. The predicted molar refractivity (Wildman–Crippen MR) is 74.9 cm³/mol. The number of carbonyl (C=O) groups is 1. The molecule has 2 aromatic rings. The molecule has 106 valence electrons. The van der Waals surface area contributed by atoms with Gasteiger partial charge >= 0.3 is 5.97 Å². The number of hydrogen-bond donors (Lipinski definition) is 1. The Bertz CT molecular complexity index is 574. The van der Waals surface area contributed by atoms with Crippen molar-refractivity contribution in [2.24, 2.45) is 0 Å². The predicted octanol–water partition coefficient (Wildman–Crippen LogP) is 2.30. The number of H-pyrrole nitrogens is 1. The van der Waals surface area contributed by atoms with E-state index in [1.807, 2.05) is 0 Å². The summed E-state index contributed by atoms with van der Waals surface area (Å²) in [4.78, 5) is 15.2. The van der Waals surface area contributed by atoms with Gasteiger partial charge in [-0.15, -0.1) is 5.10 Å². The van der Waals surface area contributed by atoms with Crippen molar-refractivity contribution in [3.05, 3.63) is 35.1 Å². The molecule has 0 aliphatic heterocycles. The number of thioether (sulfide) groups is 1. The minimum Gasteiger partial charge on any atom is -0.486 e. The Labute approximate surface area is 124 Å². The third kappa shape index (κ3) is 4.43. The lowest BCUT2D eigenvalue weighted by Gasteiger charge is -2.03. The van der Waals surface area contributed by atoms with E-state index in [9.17, 15) is 4.79 Å². The normalized spacial score (nSPS) is 10.3. The maximum absolute atomic E-state index is 11.0. The zero-order valence-electron chi connectivity index (χ0n) is 10.6. The van der Waals surface area contributed by atoms with Crippen LogP contribution in [0.1, 0.15) is 5.82 Å². The van der Waals surface area contributed by atoms with E-state index in [2.05, 4.69) is 19.9 Å². The second-order valence-electron chi connectivity index (χ2n) is 3.67. The lowest BCUT2D eigenvalue weighted by atomic mass is 10.3. The van der Waals surface area contributed by atoms with Crippen molar-refractivity contribution < 1.29 is 14.3 Å². The summed E-state index contributed by atoms with van der Waals surface area (Å²) in [6, 6.07) is 7.03. The van der Waals surface area contributed by atoms with Crippen LogP contribution in [0.2, 0.25) is 5.02 Å². The average molecular weight is 314 g/mol. The van der Waals surface area contributed by atoms with Gasteiger partial charge in [0.2, 0.25) is 5.16 Å². The van der Waals surface area contributed by atoms with Crippen molar-refractivity contribution in [3.8, 4) is 5.75 Å². The minimum absolute atomic E-state index is 0.172. The van der Waals surface area contributed by atoms with E-state index in [-0.39, 0.29) is 18.3 Å². The standard InChI is InChI=1S/C12H12ClN3O3S/c1-18-11(17)7-20-12-14-10(15-16-12)6-19-9-4-2-8(13)3-5-9/h2-5H,6-7H2,1H3,(H,14,15,16). The molecule has 0 unspecified atom stereocenters. The van der Waals surface area contributed by atoms with Crippen LogP contribution in [0.25, 0.3) is 0 Å². The number of aromatic nitrogens is 3. The largest absolute Gasteiger partial charge is 0.486 e. The molecule has 0 bridgehead atoms. The fourth-order valence-corrected chi connectivity index (χ4v) is 2.05. The number of benzene rings is 1. The van der Waals surface area contributed by atoms with E-state index < -0.39 is 0 Å². The fraction of sp³-hybridized carbons (Fsp3) is 0.250. The molecule has 0 aliphatic carbocycles. The SMILES string of the molecule is COC(=O)CSc1n[nH]c(COc2ccc(Cl)cc2)n1. The molecule has 0 saturated carbocycles. The summed E-state index contributed by atoms with van der Waals surface area (Å²) in [5, 5.41) is 7.84. The van der Waals surface area contributed by atoms with Gasteiger partial charge in [0, 0.05) is 5.02 Å². The van der Waals surface area contributed by atoms with Crippen LogP contribution >= 0.6 is 23.4 Å². The van der Waals surface area contributed by atoms with Crippen molar-refractivity contribution in [1.82, 2.24) is 15.2 Å². The second-order valence-corrected chi connectivity index (χ2v) is 5.05. The van der Waals surface area contributed by atoms with Gasteiger partial charge in [-0.1, -0.05) is 23.4 Å². The van der Waals surface area contributed by atoms with Gasteiger partial charge in [-0.25, -0.2) is 4.98 Å². The first-order chi connectivity index (χ1) is 9.67. The number of hydrogen-bond acceptors (Lipinski definition) is 6. The number of rotatable bonds is 6. The van der Waals surface area contributed by atoms with Crippen molar-refractivity contribution in [3.63, 3.8) is 0 Å².